The van der Waals surface area contributed by atoms with Crippen LogP contribution in [-0.4, -0.2) is 28.9 Å². The first kappa shape index (κ1) is 21.8. The zero-order valence-electron chi connectivity index (χ0n) is 18.9. The molecule has 6 heteroatoms. The van der Waals surface area contributed by atoms with E-state index in [4.69, 9.17) is 9.47 Å². The molecule has 1 amide bonds. The number of amides is 1. The highest BCUT2D eigenvalue weighted by atomic mass is 16.6. The highest BCUT2D eigenvalue weighted by Crippen LogP contribution is 2.33. The van der Waals surface area contributed by atoms with Crippen molar-refractivity contribution in [2.75, 3.05) is 13.2 Å². The molecule has 1 N–H and O–H groups in total. The molecule has 5 rings (SSSR count). The Balaban J connectivity index is 1.32. The predicted molar refractivity (Wildman–Crippen MR) is 130 cm³/mol. The first-order chi connectivity index (χ1) is 16.7. The standard InChI is InChI=1S/C28H27N3O3/c32-28(23-10-7-22(8-11-23)20-31-16-4-15-29-31)30-25(13-9-21-5-2-1-3-6-21)24-12-14-26-27(19-24)34-18-17-33-26/h1-8,10-12,14-16,19,25H,9,13,17-18,20H2,(H,30,32). The predicted octanol–water partition coefficient (Wildman–Crippen LogP) is 4.81. The topological polar surface area (TPSA) is 65.4 Å². The molecule has 0 radical (unpaired) electrons. The van der Waals surface area contributed by atoms with Gasteiger partial charge in [-0.25, -0.2) is 0 Å². The van der Waals surface area contributed by atoms with E-state index in [2.05, 4.69) is 22.5 Å². The molecular formula is C28H27N3O3. The van der Waals surface area contributed by atoms with E-state index >= 15 is 0 Å². The summed E-state index contributed by atoms with van der Waals surface area (Å²) in [5, 5.41) is 7.48. The molecule has 0 spiro atoms. The van der Waals surface area contributed by atoms with E-state index < -0.39 is 0 Å². The maximum Gasteiger partial charge on any atom is 0.251 e. The number of carbonyl (C=O) groups is 1. The summed E-state index contributed by atoms with van der Waals surface area (Å²) in [6.07, 6.45) is 5.30. The van der Waals surface area contributed by atoms with Crippen LogP contribution < -0.4 is 14.8 Å². The van der Waals surface area contributed by atoms with Gasteiger partial charge in [0, 0.05) is 18.0 Å². The SMILES string of the molecule is O=C(NC(CCc1ccccc1)c1ccc2c(c1)OCCO2)c1ccc(Cn2cccn2)cc1. The van der Waals surface area contributed by atoms with E-state index in [1.807, 2.05) is 77.6 Å². The number of aromatic nitrogens is 2. The minimum Gasteiger partial charge on any atom is -0.486 e. The van der Waals surface area contributed by atoms with Crippen molar-refractivity contribution >= 4 is 5.91 Å². The monoisotopic (exact) mass is 453 g/mol. The minimum absolute atomic E-state index is 0.0985. The normalized spacial score (nSPS) is 13.3. The summed E-state index contributed by atoms with van der Waals surface area (Å²) < 4.78 is 13.3. The molecule has 4 aromatic rings. The number of rotatable bonds is 8. The van der Waals surface area contributed by atoms with Crippen LogP contribution in [0.25, 0.3) is 0 Å². The smallest absolute Gasteiger partial charge is 0.251 e. The maximum absolute atomic E-state index is 13.2. The quantitative estimate of drug-likeness (QED) is 0.416. The van der Waals surface area contributed by atoms with Gasteiger partial charge >= 0.3 is 0 Å². The first-order valence-corrected chi connectivity index (χ1v) is 11.6. The molecule has 2 heterocycles. The highest BCUT2D eigenvalue weighted by molar-refractivity contribution is 5.94. The van der Waals surface area contributed by atoms with E-state index in [1.54, 1.807) is 6.20 Å². The fourth-order valence-electron chi connectivity index (χ4n) is 4.14. The lowest BCUT2D eigenvalue weighted by molar-refractivity contribution is 0.0934. The van der Waals surface area contributed by atoms with Crippen molar-refractivity contribution < 1.29 is 14.3 Å². The fourth-order valence-corrected chi connectivity index (χ4v) is 4.14. The van der Waals surface area contributed by atoms with E-state index in [0.29, 0.717) is 25.3 Å². The van der Waals surface area contributed by atoms with Crippen molar-refractivity contribution in [3.05, 3.63) is 114 Å². The van der Waals surface area contributed by atoms with Crippen LogP contribution >= 0.6 is 0 Å². The van der Waals surface area contributed by atoms with Crippen molar-refractivity contribution in [2.45, 2.75) is 25.4 Å². The van der Waals surface area contributed by atoms with Crippen LogP contribution in [-0.2, 0) is 13.0 Å². The average Bonchev–Trinajstić information content (AvgIpc) is 3.40. The van der Waals surface area contributed by atoms with Gasteiger partial charge in [0.15, 0.2) is 11.5 Å². The number of benzene rings is 3. The number of aryl methyl sites for hydroxylation is 1. The largest absolute Gasteiger partial charge is 0.486 e. The maximum atomic E-state index is 13.2. The Hall–Kier alpha value is -4.06. The van der Waals surface area contributed by atoms with Gasteiger partial charge in [-0.2, -0.15) is 5.10 Å². The van der Waals surface area contributed by atoms with Gasteiger partial charge in [0.25, 0.3) is 5.91 Å². The Morgan fingerprint density at radius 3 is 2.47 bits per heavy atom. The zero-order valence-corrected chi connectivity index (χ0v) is 18.9. The Morgan fingerprint density at radius 2 is 1.71 bits per heavy atom. The molecule has 34 heavy (non-hydrogen) atoms. The summed E-state index contributed by atoms with van der Waals surface area (Å²) in [5.41, 5.74) is 3.96. The van der Waals surface area contributed by atoms with Crippen molar-refractivity contribution in [3.8, 4) is 11.5 Å². The van der Waals surface area contributed by atoms with Crippen molar-refractivity contribution in [2.24, 2.45) is 0 Å². The van der Waals surface area contributed by atoms with Crippen molar-refractivity contribution in [1.29, 1.82) is 0 Å². The van der Waals surface area contributed by atoms with E-state index in [-0.39, 0.29) is 11.9 Å². The number of fused-ring (bicyclic) bond motifs is 1. The number of hydrogen-bond acceptors (Lipinski definition) is 4. The molecule has 6 nitrogen and oxygen atoms in total. The lowest BCUT2D eigenvalue weighted by Gasteiger charge is -2.23. The van der Waals surface area contributed by atoms with E-state index in [0.717, 1.165) is 35.5 Å². The highest BCUT2D eigenvalue weighted by Gasteiger charge is 2.20. The molecule has 172 valence electrons. The molecule has 0 saturated heterocycles. The van der Waals surface area contributed by atoms with E-state index in [9.17, 15) is 4.79 Å². The molecule has 0 fully saturated rings. The summed E-state index contributed by atoms with van der Waals surface area (Å²) in [4.78, 5) is 13.2. The van der Waals surface area contributed by atoms with Crippen LogP contribution in [0.15, 0.2) is 91.3 Å². The lowest BCUT2D eigenvalue weighted by Crippen LogP contribution is -2.29. The second-order valence-electron chi connectivity index (χ2n) is 8.35. The third kappa shape index (κ3) is 5.29. The second-order valence-corrected chi connectivity index (χ2v) is 8.35. The Bertz CT molecular complexity index is 1220. The van der Waals surface area contributed by atoms with Crippen LogP contribution in [0.5, 0.6) is 11.5 Å². The second kappa shape index (κ2) is 10.3. The summed E-state index contributed by atoms with van der Waals surface area (Å²) in [6, 6.07) is 25.7. The molecule has 1 aliphatic rings. The third-order valence-electron chi connectivity index (χ3n) is 5.96. The number of ether oxygens (including phenoxy) is 2. The number of hydrogen-bond donors (Lipinski definition) is 1. The first-order valence-electron chi connectivity index (χ1n) is 11.6. The number of nitrogens with zero attached hydrogens (tertiary/aromatic N) is 2. The lowest BCUT2D eigenvalue weighted by atomic mass is 9.98. The summed E-state index contributed by atoms with van der Waals surface area (Å²) >= 11 is 0. The summed E-state index contributed by atoms with van der Waals surface area (Å²) in [5.74, 6) is 1.38. The van der Waals surface area contributed by atoms with Gasteiger partial charge in [-0.15, -0.1) is 0 Å². The van der Waals surface area contributed by atoms with Gasteiger partial charge in [0.2, 0.25) is 0 Å². The number of nitrogens with one attached hydrogen (secondary N) is 1. The molecule has 0 saturated carbocycles. The average molecular weight is 454 g/mol. The minimum atomic E-state index is -0.160. The molecule has 1 aliphatic heterocycles. The molecule has 1 atom stereocenters. The molecule has 1 aromatic heterocycles. The molecule has 0 bridgehead atoms. The van der Waals surface area contributed by atoms with Gasteiger partial charge in [-0.3, -0.25) is 9.48 Å². The Morgan fingerprint density at radius 1 is 0.912 bits per heavy atom. The van der Waals surface area contributed by atoms with Gasteiger partial charge < -0.3 is 14.8 Å². The van der Waals surface area contributed by atoms with Crippen LogP contribution in [0.1, 0.15) is 39.5 Å². The Kier molecular flexibility index (Phi) is 6.56. The molecular weight excluding hydrogens is 426 g/mol. The number of carbonyl (C=O) groups excluding carboxylic acids is 1. The molecule has 0 aliphatic carbocycles. The summed E-state index contributed by atoms with van der Waals surface area (Å²) in [6.45, 7) is 1.76. The van der Waals surface area contributed by atoms with Gasteiger partial charge in [-0.1, -0.05) is 48.5 Å². The van der Waals surface area contributed by atoms with Gasteiger partial charge in [0.1, 0.15) is 13.2 Å². The van der Waals surface area contributed by atoms with Crippen molar-refractivity contribution in [3.63, 3.8) is 0 Å². The van der Waals surface area contributed by atoms with Crippen LogP contribution in [0.3, 0.4) is 0 Å². The molecule has 3 aromatic carbocycles. The summed E-state index contributed by atoms with van der Waals surface area (Å²) in [7, 11) is 0. The Labute approximate surface area is 199 Å². The van der Waals surface area contributed by atoms with E-state index in [1.165, 1.54) is 5.56 Å². The van der Waals surface area contributed by atoms with Gasteiger partial charge in [0.05, 0.1) is 12.6 Å². The fraction of sp³-hybridized carbons (Fsp3) is 0.214. The van der Waals surface area contributed by atoms with Gasteiger partial charge in [-0.05, 0) is 59.9 Å². The van der Waals surface area contributed by atoms with Crippen LogP contribution in [0.2, 0.25) is 0 Å². The van der Waals surface area contributed by atoms with Crippen LogP contribution in [0.4, 0.5) is 0 Å². The van der Waals surface area contributed by atoms with Crippen LogP contribution in [0, 0.1) is 0 Å². The van der Waals surface area contributed by atoms with Crippen molar-refractivity contribution in [1.82, 2.24) is 15.1 Å². The third-order valence-corrected chi connectivity index (χ3v) is 5.96. The molecule has 1 unspecified atom stereocenters. The zero-order chi connectivity index (χ0) is 23.2.